The Hall–Kier alpha value is -2.03. The van der Waals surface area contributed by atoms with Crippen LogP contribution in [-0.2, 0) is 27.9 Å². The fourth-order valence-electron chi connectivity index (χ4n) is 8.13. The van der Waals surface area contributed by atoms with Gasteiger partial charge in [-0.1, -0.05) is 230 Å². The Kier molecular flexibility index (Phi) is 47.1. The Bertz CT molecular complexity index is 1310. The smallest absolute Gasteiger partial charge is 0.456 e. The minimum Gasteiger partial charge on any atom is -0.456 e. The quantitative estimate of drug-likeness (QED) is 0.0205. The van der Waals surface area contributed by atoms with Crippen molar-refractivity contribution in [3.05, 3.63) is 48.6 Å². The Morgan fingerprint density at radius 3 is 1.41 bits per heavy atom. The van der Waals surface area contributed by atoms with Gasteiger partial charge in [0.1, 0.15) is 19.3 Å². The lowest BCUT2D eigenvalue weighted by molar-refractivity contribution is -0.870. The molecule has 3 unspecified atom stereocenters. The van der Waals surface area contributed by atoms with Crippen LogP contribution in [0.5, 0.6) is 0 Å². The van der Waals surface area contributed by atoms with Gasteiger partial charge in [-0.05, 0) is 63.9 Å². The van der Waals surface area contributed by atoms with Crippen molar-refractivity contribution in [1.29, 1.82) is 0 Å². The van der Waals surface area contributed by atoms with Gasteiger partial charge in [-0.3, -0.25) is 18.6 Å². The van der Waals surface area contributed by atoms with Crippen molar-refractivity contribution in [2.75, 3.05) is 40.9 Å². The fourth-order valence-corrected chi connectivity index (χ4v) is 8.87. The van der Waals surface area contributed by atoms with E-state index in [1.165, 1.54) is 135 Å². The fraction of sp³-hybridized carbons (Fsp3) is 0.828. The van der Waals surface area contributed by atoms with Crippen molar-refractivity contribution in [3.8, 4) is 0 Å². The number of rotatable bonds is 51. The molecule has 0 rings (SSSR count). The second-order valence-corrected chi connectivity index (χ2v) is 21.9. The molecule has 398 valence electrons. The topological polar surface area (TPSA) is 111 Å². The van der Waals surface area contributed by atoms with Gasteiger partial charge in [0.2, 0.25) is 5.91 Å². The molecule has 0 bridgehead atoms. The molecule has 0 aromatic rings. The molecule has 2 N–H and O–H groups in total. The predicted octanol–water partition coefficient (Wildman–Crippen LogP) is 16.9. The average Bonchev–Trinajstić information content (AvgIpc) is 3.29. The Morgan fingerprint density at radius 1 is 0.529 bits per heavy atom. The Morgan fingerprint density at radius 2 is 0.941 bits per heavy atom. The lowest BCUT2D eigenvalue weighted by Crippen LogP contribution is -2.47. The zero-order chi connectivity index (χ0) is 50.1. The van der Waals surface area contributed by atoms with Gasteiger partial charge in [-0.25, -0.2) is 4.57 Å². The largest absolute Gasteiger partial charge is 0.472 e. The number of phosphoric acid groups is 1. The Labute approximate surface area is 420 Å². The maximum absolute atomic E-state index is 13.5. The van der Waals surface area contributed by atoms with Gasteiger partial charge in [0.15, 0.2) is 0 Å². The van der Waals surface area contributed by atoms with Crippen molar-refractivity contribution < 1.29 is 37.3 Å². The zero-order valence-electron chi connectivity index (χ0n) is 45.3. The number of unbranched alkanes of at least 4 members (excludes halogenated alkanes) is 29. The molecular weight excluding hydrogens is 868 g/mol. The molecule has 68 heavy (non-hydrogen) atoms. The van der Waals surface area contributed by atoms with E-state index in [0.717, 1.165) is 83.5 Å². The number of esters is 1. The van der Waals surface area contributed by atoms with E-state index in [-0.39, 0.29) is 31.5 Å². The molecule has 10 heteroatoms. The molecule has 0 aliphatic heterocycles. The number of hydrogen-bond donors (Lipinski definition) is 2. The van der Waals surface area contributed by atoms with Crippen molar-refractivity contribution >= 4 is 19.7 Å². The molecule has 0 aliphatic carbocycles. The lowest BCUT2D eigenvalue weighted by atomic mass is 10.0. The highest BCUT2D eigenvalue weighted by Gasteiger charge is 2.30. The average molecular weight is 978 g/mol. The SMILES string of the molecule is CC/C=C/C/C=C/C/C=C/CCCCCCC(=O)OC(/C=C/CCCCCCCCCCC)C(COP(=O)(O)OCC[N+](C)(C)C)NC(=O)CCCCCCCCCCCCCCCCCCC. The lowest BCUT2D eigenvalue weighted by Gasteiger charge is -2.27. The summed E-state index contributed by atoms with van der Waals surface area (Å²) < 4.78 is 30.6. The molecule has 1 amide bonds. The van der Waals surface area contributed by atoms with Crippen LogP contribution >= 0.6 is 7.82 Å². The van der Waals surface area contributed by atoms with Crippen molar-refractivity contribution in [2.24, 2.45) is 0 Å². The summed E-state index contributed by atoms with van der Waals surface area (Å²) in [6.45, 7) is 6.89. The number of quaternary nitrogens is 1. The molecule has 3 atom stereocenters. The number of nitrogens with one attached hydrogen (secondary N) is 1. The minimum absolute atomic E-state index is 0.0372. The van der Waals surface area contributed by atoms with Crippen LogP contribution in [0.1, 0.15) is 258 Å². The number of nitrogens with zero attached hydrogens (tertiary/aromatic N) is 1. The normalized spacial score (nSPS) is 14.2. The molecule has 0 aromatic heterocycles. The summed E-state index contributed by atoms with van der Waals surface area (Å²) in [5.41, 5.74) is 0. The molecule has 0 spiro atoms. The molecule has 0 saturated carbocycles. The van der Waals surface area contributed by atoms with Crippen molar-refractivity contribution in [2.45, 2.75) is 270 Å². The summed E-state index contributed by atoms with van der Waals surface area (Å²) in [6.07, 6.45) is 58.2. The van der Waals surface area contributed by atoms with Gasteiger partial charge in [0, 0.05) is 12.8 Å². The van der Waals surface area contributed by atoms with Gasteiger partial charge in [-0.2, -0.15) is 0 Å². The highest BCUT2D eigenvalue weighted by Crippen LogP contribution is 2.43. The summed E-state index contributed by atoms with van der Waals surface area (Å²) in [4.78, 5) is 37.5. The molecule has 0 fully saturated rings. The first-order valence-corrected chi connectivity index (χ1v) is 30.0. The monoisotopic (exact) mass is 978 g/mol. The number of hydrogen-bond acceptors (Lipinski definition) is 6. The molecule has 9 nitrogen and oxygen atoms in total. The van der Waals surface area contributed by atoms with Gasteiger partial charge in [-0.15, -0.1) is 0 Å². The number of amides is 1. The standard InChI is InChI=1S/C58H109N2O7P/c1-7-10-13-16-19-22-25-27-29-30-31-32-35-38-41-44-47-50-57(61)59-55(54-66-68(63,64)65-53-52-60(4,5)6)56(49-46-43-40-37-34-24-21-18-15-12-9-3)67-58(62)51-48-45-42-39-36-33-28-26-23-20-17-14-11-8-2/h11,14,20,23,28,33,46,49,55-56H,7-10,12-13,15-19,21-22,24-27,29-32,34-45,47-48,50-54H2,1-6H3,(H-,59,61,63,64)/p+1/b14-11+,23-20+,33-28+,49-46+. The predicted molar refractivity (Wildman–Crippen MR) is 291 cm³/mol. The van der Waals surface area contributed by atoms with Crippen LogP contribution in [0.3, 0.4) is 0 Å². The first kappa shape index (κ1) is 66.0. The maximum Gasteiger partial charge on any atom is 0.472 e. The zero-order valence-corrected chi connectivity index (χ0v) is 46.2. The van der Waals surface area contributed by atoms with Gasteiger partial charge in [0.05, 0.1) is 33.8 Å². The van der Waals surface area contributed by atoms with E-state index in [1.54, 1.807) is 0 Å². The van der Waals surface area contributed by atoms with Gasteiger partial charge in [0.25, 0.3) is 0 Å². The van der Waals surface area contributed by atoms with Crippen LogP contribution in [0, 0.1) is 0 Å². The summed E-state index contributed by atoms with van der Waals surface area (Å²) in [5, 5.41) is 3.04. The van der Waals surface area contributed by atoms with Crippen molar-refractivity contribution in [1.82, 2.24) is 5.32 Å². The number of carbonyl (C=O) groups excluding carboxylic acids is 2. The number of likely N-dealkylation sites (N-methyl/N-ethyl adjacent to an activating group) is 1. The number of phosphoric ester groups is 1. The molecule has 0 aromatic carbocycles. The van der Waals surface area contributed by atoms with Crippen molar-refractivity contribution in [3.63, 3.8) is 0 Å². The van der Waals surface area contributed by atoms with Gasteiger partial charge >= 0.3 is 13.8 Å². The summed E-state index contributed by atoms with van der Waals surface area (Å²) in [6, 6.07) is -0.853. The molecule has 0 aliphatic rings. The number of carbonyl (C=O) groups is 2. The van der Waals surface area contributed by atoms with Crippen LogP contribution in [-0.4, -0.2) is 74.3 Å². The first-order valence-electron chi connectivity index (χ1n) is 28.5. The van der Waals surface area contributed by atoms with E-state index in [2.05, 4.69) is 62.5 Å². The third-order valence-corrected chi connectivity index (χ3v) is 13.5. The molecule has 0 heterocycles. The summed E-state index contributed by atoms with van der Waals surface area (Å²) >= 11 is 0. The van der Waals surface area contributed by atoms with Crippen LogP contribution in [0.2, 0.25) is 0 Å². The highest BCUT2D eigenvalue weighted by molar-refractivity contribution is 7.47. The number of ether oxygens (including phenoxy) is 1. The van der Waals surface area contributed by atoms with E-state index < -0.39 is 20.0 Å². The van der Waals surface area contributed by atoms with E-state index in [9.17, 15) is 19.0 Å². The second kappa shape index (κ2) is 48.6. The highest BCUT2D eigenvalue weighted by atomic mass is 31.2. The summed E-state index contributed by atoms with van der Waals surface area (Å²) in [5.74, 6) is -0.525. The van der Waals surface area contributed by atoms with E-state index in [0.29, 0.717) is 23.9 Å². The Balaban J connectivity index is 5.32. The molecule has 0 radical (unpaired) electrons. The van der Waals surface area contributed by atoms with Crippen LogP contribution in [0.15, 0.2) is 48.6 Å². The summed E-state index contributed by atoms with van der Waals surface area (Å²) in [7, 11) is 1.49. The van der Waals surface area contributed by atoms with Crippen LogP contribution in [0.25, 0.3) is 0 Å². The second-order valence-electron chi connectivity index (χ2n) is 20.4. The van der Waals surface area contributed by atoms with Crippen LogP contribution in [0.4, 0.5) is 0 Å². The van der Waals surface area contributed by atoms with Gasteiger partial charge < -0.3 is 19.4 Å². The third-order valence-electron chi connectivity index (χ3n) is 12.5. The van der Waals surface area contributed by atoms with E-state index >= 15 is 0 Å². The van der Waals surface area contributed by atoms with E-state index in [1.807, 2.05) is 33.3 Å². The number of allylic oxidation sites excluding steroid dienone is 7. The first-order chi connectivity index (χ1) is 32.9. The van der Waals surface area contributed by atoms with Crippen LogP contribution < -0.4 is 5.32 Å². The van der Waals surface area contributed by atoms with E-state index in [4.69, 9.17) is 13.8 Å². The third kappa shape index (κ3) is 49.0. The molecule has 0 saturated heterocycles. The maximum atomic E-state index is 13.5. The minimum atomic E-state index is -4.44. The molecular formula is C58H110N2O7P+.